The molecule has 0 aliphatic heterocycles. The second-order valence-corrected chi connectivity index (χ2v) is 6.09. The van der Waals surface area contributed by atoms with Crippen LogP contribution in [-0.4, -0.2) is 5.25 Å². The molecule has 102 valence electrons. The second kappa shape index (κ2) is 7.00. The second-order valence-electron chi connectivity index (χ2n) is 5.47. The van der Waals surface area contributed by atoms with Crippen LogP contribution in [0.15, 0.2) is 48.1 Å². The number of rotatable bonds is 5. The molecule has 1 aliphatic rings. The van der Waals surface area contributed by atoms with Gasteiger partial charge in [-0.15, -0.1) is 0 Å². The van der Waals surface area contributed by atoms with E-state index in [1.165, 1.54) is 29.5 Å². The highest BCUT2D eigenvalue weighted by Gasteiger charge is 2.18. The van der Waals surface area contributed by atoms with E-state index in [1.807, 2.05) is 0 Å². The van der Waals surface area contributed by atoms with Gasteiger partial charge >= 0.3 is 0 Å². The highest BCUT2D eigenvalue weighted by atomic mass is 32.1. The van der Waals surface area contributed by atoms with Crippen LogP contribution in [0.5, 0.6) is 0 Å². The molecule has 0 heterocycles. The molecule has 0 nitrogen and oxygen atoms in total. The lowest BCUT2D eigenvalue weighted by Gasteiger charge is -2.23. The lowest BCUT2D eigenvalue weighted by atomic mass is 9.86. The van der Waals surface area contributed by atoms with Crippen molar-refractivity contribution in [3.05, 3.63) is 59.2 Å². The molecule has 0 radical (unpaired) electrons. The lowest BCUT2D eigenvalue weighted by Crippen LogP contribution is -2.15. The Labute approximate surface area is 123 Å². The fourth-order valence-electron chi connectivity index (χ4n) is 2.84. The minimum absolute atomic E-state index is 0.401. The Morgan fingerprint density at radius 3 is 2.68 bits per heavy atom. The third kappa shape index (κ3) is 3.76. The predicted octanol–water partition coefficient (Wildman–Crippen LogP) is 5.00. The average Bonchev–Trinajstić information content (AvgIpc) is 2.41. The van der Waals surface area contributed by atoms with Gasteiger partial charge in [0.05, 0.1) is 0 Å². The molecule has 0 aromatic heterocycles. The van der Waals surface area contributed by atoms with Crippen LogP contribution in [-0.2, 0) is 12.8 Å². The molecule has 1 heteroatoms. The van der Waals surface area contributed by atoms with Gasteiger partial charge in [-0.25, -0.2) is 0 Å². The molecule has 1 aromatic carbocycles. The van der Waals surface area contributed by atoms with Crippen molar-refractivity contribution in [1.29, 1.82) is 0 Å². The molecule has 1 aromatic rings. The first-order valence-electron chi connectivity index (χ1n) is 7.33. The number of benzene rings is 1. The molecular formula is C18H24S. The maximum atomic E-state index is 4.71. The molecule has 19 heavy (non-hydrogen) atoms. The third-order valence-electron chi connectivity index (χ3n) is 3.90. The molecule has 1 aliphatic carbocycles. The molecule has 0 saturated heterocycles. The fraction of sp³-hybridized carbons (Fsp3) is 0.444. The van der Waals surface area contributed by atoms with Gasteiger partial charge in [0.1, 0.15) is 0 Å². The number of aryl methyl sites for hydroxylation is 1. The van der Waals surface area contributed by atoms with Crippen molar-refractivity contribution in [3.63, 3.8) is 0 Å². The molecular weight excluding hydrogens is 248 g/mol. The van der Waals surface area contributed by atoms with Crippen molar-refractivity contribution in [2.24, 2.45) is 5.92 Å². The number of allylic oxidation sites excluding steroid dienone is 3. The van der Waals surface area contributed by atoms with Crippen LogP contribution < -0.4 is 0 Å². The van der Waals surface area contributed by atoms with Crippen molar-refractivity contribution in [1.82, 2.24) is 0 Å². The highest BCUT2D eigenvalue weighted by Crippen LogP contribution is 2.28. The van der Waals surface area contributed by atoms with E-state index < -0.39 is 0 Å². The smallest absolute Gasteiger partial charge is 0.0266 e. The minimum atomic E-state index is 0.401. The molecule has 0 spiro atoms. The third-order valence-corrected chi connectivity index (χ3v) is 4.41. The summed E-state index contributed by atoms with van der Waals surface area (Å²) in [5, 5.41) is 0.401. The van der Waals surface area contributed by atoms with Gasteiger partial charge in [-0.3, -0.25) is 0 Å². The van der Waals surface area contributed by atoms with Crippen LogP contribution in [0.3, 0.4) is 0 Å². The Bertz CT molecular complexity index is 470. The Morgan fingerprint density at radius 2 is 2.00 bits per heavy atom. The zero-order chi connectivity index (χ0) is 13.7. The normalized spacial score (nSPS) is 20.2. The van der Waals surface area contributed by atoms with Crippen molar-refractivity contribution in [2.45, 2.75) is 44.8 Å². The summed E-state index contributed by atoms with van der Waals surface area (Å²) in [6.45, 7) is 4.58. The van der Waals surface area contributed by atoms with Crippen molar-refractivity contribution < 1.29 is 0 Å². The number of hydrogen-bond donors (Lipinski definition) is 1. The van der Waals surface area contributed by atoms with E-state index in [9.17, 15) is 0 Å². The summed E-state index contributed by atoms with van der Waals surface area (Å²) >= 11 is 4.71. The first kappa shape index (κ1) is 14.5. The van der Waals surface area contributed by atoms with E-state index in [0.29, 0.717) is 11.2 Å². The Morgan fingerprint density at radius 1 is 1.26 bits per heavy atom. The zero-order valence-corrected chi connectivity index (χ0v) is 12.9. The summed E-state index contributed by atoms with van der Waals surface area (Å²) in [4.78, 5) is 0. The molecule has 0 saturated carbocycles. The first-order chi connectivity index (χ1) is 9.22. The Kier molecular flexibility index (Phi) is 5.33. The molecule has 0 bridgehead atoms. The molecule has 0 amide bonds. The molecule has 0 N–H and O–H groups in total. The number of hydrogen-bond acceptors (Lipinski definition) is 1. The van der Waals surface area contributed by atoms with Crippen molar-refractivity contribution >= 4 is 12.6 Å². The molecule has 1 unspecified atom stereocenters. The Hall–Kier alpha value is -0.950. The monoisotopic (exact) mass is 272 g/mol. The SMILES string of the molecule is CCCc1ccccc1C[C@H](C)C1=CC=CCC1S. The van der Waals surface area contributed by atoms with Gasteiger partial charge in [0.15, 0.2) is 0 Å². The average molecular weight is 272 g/mol. The summed E-state index contributed by atoms with van der Waals surface area (Å²) in [5.74, 6) is 0.574. The van der Waals surface area contributed by atoms with E-state index >= 15 is 0 Å². The van der Waals surface area contributed by atoms with Gasteiger partial charge in [-0.2, -0.15) is 12.6 Å². The predicted molar refractivity (Wildman–Crippen MR) is 87.9 cm³/mol. The van der Waals surface area contributed by atoms with E-state index in [4.69, 9.17) is 12.6 Å². The van der Waals surface area contributed by atoms with Crippen molar-refractivity contribution in [2.75, 3.05) is 0 Å². The summed E-state index contributed by atoms with van der Waals surface area (Å²) in [6, 6.07) is 8.88. The van der Waals surface area contributed by atoms with E-state index in [2.05, 4.69) is 56.3 Å². The van der Waals surface area contributed by atoms with Gasteiger partial charge in [0, 0.05) is 5.25 Å². The van der Waals surface area contributed by atoms with Crippen LogP contribution in [0.25, 0.3) is 0 Å². The molecule has 2 atom stereocenters. The van der Waals surface area contributed by atoms with Crippen LogP contribution in [0, 0.1) is 5.92 Å². The standard InChI is InChI=1S/C18H24S/c1-3-8-15-9-4-5-10-16(15)13-14(2)17-11-6-7-12-18(17)19/h4-7,9-11,14,18-19H,3,8,12-13H2,1-2H3/t14-,18?/m0/s1. The fourth-order valence-corrected chi connectivity index (χ4v) is 3.31. The number of thiol groups is 1. The van der Waals surface area contributed by atoms with Gasteiger partial charge in [-0.05, 0) is 36.3 Å². The topological polar surface area (TPSA) is 0 Å². The van der Waals surface area contributed by atoms with Gasteiger partial charge in [-0.1, -0.05) is 68.3 Å². The quantitative estimate of drug-likeness (QED) is 0.716. The lowest BCUT2D eigenvalue weighted by molar-refractivity contribution is 0.641. The first-order valence-corrected chi connectivity index (χ1v) is 7.85. The molecule has 0 fully saturated rings. The maximum Gasteiger partial charge on any atom is 0.0266 e. The summed E-state index contributed by atoms with van der Waals surface area (Å²) in [7, 11) is 0. The van der Waals surface area contributed by atoms with Gasteiger partial charge in [0.2, 0.25) is 0 Å². The van der Waals surface area contributed by atoms with Crippen LogP contribution in [0.4, 0.5) is 0 Å². The van der Waals surface area contributed by atoms with Gasteiger partial charge < -0.3 is 0 Å². The van der Waals surface area contributed by atoms with Gasteiger partial charge in [0.25, 0.3) is 0 Å². The van der Waals surface area contributed by atoms with E-state index in [-0.39, 0.29) is 0 Å². The Balaban J connectivity index is 2.12. The van der Waals surface area contributed by atoms with Crippen LogP contribution in [0.2, 0.25) is 0 Å². The largest absolute Gasteiger partial charge is 0.171 e. The van der Waals surface area contributed by atoms with E-state index in [0.717, 1.165) is 12.8 Å². The van der Waals surface area contributed by atoms with Crippen LogP contribution >= 0.6 is 12.6 Å². The minimum Gasteiger partial charge on any atom is -0.171 e. The van der Waals surface area contributed by atoms with Crippen molar-refractivity contribution in [3.8, 4) is 0 Å². The molecule has 2 rings (SSSR count). The summed E-state index contributed by atoms with van der Waals surface area (Å²) in [6.07, 6.45) is 11.2. The van der Waals surface area contributed by atoms with E-state index in [1.54, 1.807) is 0 Å². The summed E-state index contributed by atoms with van der Waals surface area (Å²) in [5.41, 5.74) is 4.50. The maximum absolute atomic E-state index is 4.71. The highest BCUT2D eigenvalue weighted by molar-refractivity contribution is 7.81. The zero-order valence-electron chi connectivity index (χ0n) is 12.0. The van der Waals surface area contributed by atoms with Crippen LogP contribution in [0.1, 0.15) is 37.8 Å². The summed E-state index contributed by atoms with van der Waals surface area (Å²) < 4.78 is 0.